The van der Waals surface area contributed by atoms with Crippen molar-refractivity contribution in [2.75, 3.05) is 19.7 Å². The molecule has 2 aromatic carbocycles. The third-order valence-corrected chi connectivity index (χ3v) is 14.4. The van der Waals surface area contributed by atoms with Gasteiger partial charge in [0.2, 0.25) is 17.7 Å². The first-order valence-corrected chi connectivity index (χ1v) is 22.1. The van der Waals surface area contributed by atoms with Gasteiger partial charge in [-0.1, -0.05) is 31.2 Å². The van der Waals surface area contributed by atoms with Crippen LogP contribution < -0.4 is 20.2 Å². The van der Waals surface area contributed by atoms with Gasteiger partial charge in [0.25, 0.3) is 5.91 Å². The lowest BCUT2D eigenvalue weighted by atomic mass is 9.99. The molecule has 3 aromatic rings. The van der Waals surface area contributed by atoms with Gasteiger partial charge in [-0.3, -0.25) is 28.5 Å². The average Bonchev–Trinajstić information content (AvgIpc) is 3.44. The second kappa shape index (κ2) is 16.6. The highest BCUT2D eigenvalue weighted by molar-refractivity contribution is 7.56. The van der Waals surface area contributed by atoms with Crippen molar-refractivity contribution >= 4 is 58.5 Å². The van der Waals surface area contributed by atoms with Crippen LogP contribution in [0.25, 0.3) is 10.1 Å². The number of nitrogens with one attached hydrogen (secondary N) is 3. The number of thiophene rings is 1. The summed E-state index contributed by atoms with van der Waals surface area (Å²) in [5.74, 6) is -0.839. The van der Waals surface area contributed by atoms with E-state index in [9.17, 15) is 32.9 Å². The van der Waals surface area contributed by atoms with Gasteiger partial charge in [-0.2, -0.15) is 0 Å². The van der Waals surface area contributed by atoms with Crippen LogP contribution in [-0.2, 0) is 34.6 Å². The minimum Gasteiger partial charge on any atom is -0.465 e. The SMILES string of the molecule is CCCOC(=O)[C@H](C)NP(=O)(Cc1ccc2sc(C(=O)N[C@H]3C[C@H]4C[C@H]4CC4CC[C@@H](C(=O)N[C@H]5CN(C(C)=O)C[C@@H]5F)N4C3=O)cc2c1)Oc1ccccc1. The smallest absolute Gasteiger partial charge is 0.323 e. The maximum atomic E-state index is 14.8. The molecule has 1 saturated carbocycles. The molecule has 1 aliphatic carbocycles. The minimum absolute atomic E-state index is 0.0484. The molecule has 300 valence electrons. The van der Waals surface area contributed by atoms with E-state index >= 15 is 0 Å². The van der Waals surface area contributed by atoms with Crippen molar-refractivity contribution in [1.29, 1.82) is 0 Å². The van der Waals surface area contributed by atoms with Crippen molar-refractivity contribution in [2.45, 2.75) is 102 Å². The predicted molar refractivity (Wildman–Crippen MR) is 209 cm³/mol. The quantitative estimate of drug-likeness (QED) is 0.156. The lowest BCUT2D eigenvalue weighted by molar-refractivity contribution is -0.145. The fourth-order valence-corrected chi connectivity index (χ4v) is 11.3. The maximum Gasteiger partial charge on any atom is 0.323 e. The molecule has 1 aromatic heterocycles. The molecule has 0 radical (unpaired) electrons. The van der Waals surface area contributed by atoms with E-state index in [2.05, 4.69) is 15.7 Å². The minimum atomic E-state index is -3.71. The van der Waals surface area contributed by atoms with Gasteiger partial charge >= 0.3 is 13.5 Å². The standard InChI is InChI=1S/C40H49FN5O8PS/c1-4-14-53-40(51)23(2)44-55(52,54-30-8-6-5-7-9-30)22-25-10-13-35-28(15-25)19-36(56-35)38(49)42-32-18-27-16-26(27)17-29-11-12-34(46(29)39(32)50)37(48)43-33-21-45(24(3)47)20-31(33)41/h5-10,13,15,19,23,26-27,29,31-34H,4,11-12,14,16-18,20-22H2,1-3H3,(H,42,49)(H,43,48)(H,44,52)/t23-,26-,27+,29?,31-,32-,33-,34-,55?/m0/s1. The van der Waals surface area contributed by atoms with Gasteiger partial charge in [0.1, 0.15) is 30.0 Å². The number of hydrogen-bond acceptors (Lipinski definition) is 9. The van der Waals surface area contributed by atoms with E-state index in [1.54, 1.807) is 42.2 Å². The highest BCUT2D eigenvalue weighted by Crippen LogP contribution is 2.50. The van der Waals surface area contributed by atoms with Gasteiger partial charge in [-0.25, -0.2) is 9.48 Å². The molecule has 13 nitrogen and oxygen atoms in total. The van der Waals surface area contributed by atoms with Crippen LogP contribution in [0.2, 0.25) is 0 Å². The Balaban J connectivity index is 1.05. The summed E-state index contributed by atoms with van der Waals surface area (Å²) in [5.41, 5.74) is 0.660. The molecule has 3 aliphatic heterocycles. The van der Waals surface area contributed by atoms with Gasteiger partial charge in [-0.05, 0) is 98.6 Å². The Kier molecular flexibility index (Phi) is 11.9. The molecule has 9 atom stereocenters. The van der Waals surface area contributed by atoms with Crippen LogP contribution in [-0.4, -0.2) is 95.5 Å². The number of halogens is 1. The molecule has 2 unspecified atom stereocenters. The van der Waals surface area contributed by atoms with E-state index in [0.717, 1.165) is 22.9 Å². The van der Waals surface area contributed by atoms with E-state index in [1.165, 1.54) is 23.2 Å². The van der Waals surface area contributed by atoms with Crippen LogP contribution in [0.4, 0.5) is 4.39 Å². The summed E-state index contributed by atoms with van der Waals surface area (Å²) in [5, 5.41) is 9.40. The van der Waals surface area contributed by atoms with E-state index in [-0.39, 0.29) is 43.7 Å². The van der Waals surface area contributed by atoms with Crippen LogP contribution in [0.3, 0.4) is 0 Å². The molecule has 0 spiro atoms. The first kappa shape index (κ1) is 39.9. The topological polar surface area (TPSA) is 163 Å². The molecule has 4 heterocycles. The summed E-state index contributed by atoms with van der Waals surface area (Å²) in [6.07, 6.45) is 2.54. The number of amides is 4. The Morgan fingerprint density at radius 3 is 2.50 bits per heavy atom. The molecule has 16 heteroatoms. The number of carbonyl (C=O) groups excluding carboxylic acids is 5. The Labute approximate surface area is 329 Å². The molecule has 4 fully saturated rings. The van der Waals surface area contributed by atoms with Gasteiger partial charge in [0.15, 0.2) is 0 Å². The number of esters is 1. The van der Waals surface area contributed by atoms with Gasteiger partial charge < -0.3 is 29.7 Å². The van der Waals surface area contributed by atoms with Crippen LogP contribution in [0.15, 0.2) is 54.6 Å². The zero-order valence-electron chi connectivity index (χ0n) is 31.8. The van der Waals surface area contributed by atoms with E-state index in [1.807, 2.05) is 31.2 Å². The number of para-hydroxylation sites is 1. The van der Waals surface area contributed by atoms with Crippen LogP contribution in [0.5, 0.6) is 5.75 Å². The van der Waals surface area contributed by atoms with E-state index in [0.29, 0.717) is 53.7 Å². The number of carbonyl (C=O) groups is 5. The number of benzene rings is 2. The predicted octanol–water partition coefficient (Wildman–Crippen LogP) is 5.18. The summed E-state index contributed by atoms with van der Waals surface area (Å²) in [6.45, 7) is 5.08. The highest BCUT2D eigenvalue weighted by Gasteiger charge is 2.52. The average molecular weight is 810 g/mol. The Morgan fingerprint density at radius 2 is 1.77 bits per heavy atom. The number of fused-ring (bicyclic) bond motifs is 3. The van der Waals surface area contributed by atoms with Crippen LogP contribution >= 0.6 is 18.9 Å². The molecule has 4 aliphatic rings. The van der Waals surface area contributed by atoms with Crippen LogP contribution in [0, 0.1) is 11.8 Å². The van der Waals surface area contributed by atoms with Gasteiger partial charge in [0.05, 0.1) is 30.2 Å². The lowest BCUT2D eigenvalue weighted by Crippen LogP contribution is -2.58. The number of alkyl halides is 1. The monoisotopic (exact) mass is 809 g/mol. The number of nitrogens with zero attached hydrogens (tertiary/aromatic N) is 2. The fraction of sp³-hybridized carbons (Fsp3) is 0.525. The molecule has 0 bridgehead atoms. The molecule has 3 N–H and O–H groups in total. The summed E-state index contributed by atoms with van der Waals surface area (Å²) in [7, 11) is -3.71. The normalized spacial score (nSPS) is 27.3. The third kappa shape index (κ3) is 8.95. The number of hydrogen-bond donors (Lipinski definition) is 3. The van der Waals surface area contributed by atoms with Crippen molar-refractivity contribution in [1.82, 2.24) is 25.5 Å². The summed E-state index contributed by atoms with van der Waals surface area (Å²) in [6, 6.07) is 12.4. The fourth-order valence-electron chi connectivity index (χ4n) is 8.29. The Morgan fingerprint density at radius 1 is 1.00 bits per heavy atom. The number of likely N-dealkylation sites (tertiary alicyclic amines) is 1. The molecule has 4 amide bonds. The van der Waals surface area contributed by atoms with Crippen LogP contribution in [0.1, 0.15) is 74.5 Å². The van der Waals surface area contributed by atoms with Crippen molar-refractivity contribution in [3.05, 3.63) is 65.0 Å². The largest absolute Gasteiger partial charge is 0.465 e. The summed E-state index contributed by atoms with van der Waals surface area (Å²) >= 11 is 1.27. The van der Waals surface area contributed by atoms with Gasteiger partial charge in [-0.15, -0.1) is 11.3 Å². The van der Waals surface area contributed by atoms with E-state index < -0.39 is 55.6 Å². The van der Waals surface area contributed by atoms with Crippen molar-refractivity contribution in [2.24, 2.45) is 11.8 Å². The molecule has 7 rings (SSSR count). The zero-order valence-corrected chi connectivity index (χ0v) is 33.5. The molecular formula is C40H49FN5O8PS. The Bertz CT molecular complexity index is 2030. The summed E-state index contributed by atoms with van der Waals surface area (Å²) < 4.78 is 41.2. The molecule has 56 heavy (non-hydrogen) atoms. The zero-order chi connectivity index (χ0) is 39.7. The van der Waals surface area contributed by atoms with Gasteiger partial charge in [0, 0.05) is 24.2 Å². The highest BCUT2D eigenvalue weighted by atomic mass is 32.1. The van der Waals surface area contributed by atoms with Crippen molar-refractivity contribution < 1.29 is 42.2 Å². The molecule has 3 saturated heterocycles. The third-order valence-electron chi connectivity index (χ3n) is 11.3. The summed E-state index contributed by atoms with van der Waals surface area (Å²) in [4.78, 5) is 69.5. The Hall–Kier alpha value is -4.33. The number of ether oxygens (including phenoxy) is 1. The first-order valence-electron chi connectivity index (χ1n) is 19.4. The molecular weight excluding hydrogens is 761 g/mol. The van der Waals surface area contributed by atoms with Crippen molar-refractivity contribution in [3.63, 3.8) is 0 Å². The second-order valence-electron chi connectivity index (χ2n) is 15.5. The van der Waals surface area contributed by atoms with Crippen molar-refractivity contribution in [3.8, 4) is 5.75 Å². The maximum absolute atomic E-state index is 14.8. The lowest BCUT2D eigenvalue weighted by Gasteiger charge is -2.35. The first-order chi connectivity index (χ1) is 26.8. The number of rotatable bonds is 13. The van der Waals surface area contributed by atoms with E-state index in [4.69, 9.17) is 9.26 Å². The second-order valence-corrected chi connectivity index (χ2v) is 18.7.